The predicted octanol–water partition coefficient (Wildman–Crippen LogP) is 3.76. The Morgan fingerprint density at radius 1 is 1.44 bits per heavy atom. The van der Waals surface area contributed by atoms with Crippen molar-refractivity contribution in [2.24, 2.45) is 0 Å². The zero-order valence-corrected chi connectivity index (χ0v) is 11.0. The predicted molar refractivity (Wildman–Crippen MR) is 70.6 cm³/mol. The maximum atomic E-state index is 10.5. The van der Waals surface area contributed by atoms with Gasteiger partial charge in [-0.1, -0.05) is 23.2 Å². The van der Waals surface area contributed by atoms with Crippen LogP contribution >= 0.6 is 34.5 Å². The molecule has 0 fully saturated rings. The summed E-state index contributed by atoms with van der Waals surface area (Å²) in [4.78, 5) is 15.2. The number of aromatic nitrogens is 1. The Labute approximate surface area is 116 Å². The Kier molecular flexibility index (Phi) is 3.60. The summed E-state index contributed by atoms with van der Waals surface area (Å²) in [5, 5.41) is 8.53. The zero-order chi connectivity index (χ0) is 13.3. The summed E-state index contributed by atoms with van der Waals surface area (Å²) in [6.07, 6.45) is -1.51. The number of pyridine rings is 1. The summed E-state index contributed by atoms with van der Waals surface area (Å²) in [5.41, 5.74) is 6.30. The Balaban J connectivity index is 2.50. The van der Waals surface area contributed by atoms with Crippen molar-refractivity contribution in [3.8, 4) is 16.5 Å². The molecule has 0 aliphatic heterocycles. The highest BCUT2D eigenvalue weighted by molar-refractivity contribution is 7.19. The fourth-order valence-corrected chi connectivity index (χ4v) is 2.39. The van der Waals surface area contributed by atoms with Crippen LogP contribution < -0.4 is 10.5 Å². The van der Waals surface area contributed by atoms with Crippen LogP contribution in [0.25, 0.3) is 10.6 Å². The van der Waals surface area contributed by atoms with Crippen LogP contribution in [0.3, 0.4) is 0 Å². The molecule has 0 unspecified atom stereocenters. The maximum absolute atomic E-state index is 10.5. The van der Waals surface area contributed by atoms with Crippen LogP contribution in [0, 0.1) is 0 Å². The molecule has 94 valence electrons. The lowest BCUT2D eigenvalue weighted by atomic mass is 10.3. The van der Waals surface area contributed by atoms with Gasteiger partial charge in [-0.3, -0.25) is 0 Å². The van der Waals surface area contributed by atoms with E-state index >= 15 is 0 Å². The number of anilines is 1. The van der Waals surface area contributed by atoms with Gasteiger partial charge < -0.3 is 15.6 Å². The second kappa shape index (κ2) is 5.01. The lowest BCUT2D eigenvalue weighted by Gasteiger charge is -2.06. The van der Waals surface area contributed by atoms with Gasteiger partial charge in [0.1, 0.15) is 5.02 Å². The van der Waals surface area contributed by atoms with Gasteiger partial charge in [0, 0.05) is 0 Å². The maximum Gasteiger partial charge on any atom is 0.512 e. The number of nitrogens with two attached hydrogens (primary N) is 1. The first-order chi connectivity index (χ1) is 8.47. The first-order valence-electron chi connectivity index (χ1n) is 4.60. The van der Waals surface area contributed by atoms with E-state index in [4.69, 9.17) is 34.0 Å². The van der Waals surface area contributed by atoms with Gasteiger partial charge in [0.15, 0.2) is 0 Å². The molecule has 0 radical (unpaired) electrons. The van der Waals surface area contributed by atoms with E-state index in [1.807, 2.05) is 0 Å². The molecule has 0 saturated heterocycles. The van der Waals surface area contributed by atoms with Crippen LogP contribution in [0.5, 0.6) is 5.88 Å². The van der Waals surface area contributed by atoms with Crippen molar-refractivity contribution in [2.45, 2.75) is 0 Å². The lowest BCUT2D eigenvalue weighted by molar-refractivity contribution is 0.142. The second-order valence-corrected chi connectivity index (χ2v) is 5.28. The van der Waals surface area contributed by atoms with Gasteiger partial charge in [0.25, 0.3) is 0 Å². The van der Waals surface area contributed by atoms with Crippen molar-refractivity contribution in [1.82, 2.24) is 4.98 Å². The van der Waals surface area contributed by atoms with Crippen LogP contribution in [0.1, 0.15) is 0 Å². The number of carboxylic acid groups (broad SMARTS) is 1. The minimum atomic E-state index is -1.51. The molecule has 0 aliphatic rings. The van der Waals surface area contributed by atoms with Crippen molar-refractivity contribution in [2.75, 3.05) is 5.73 Å². The minimum absolute atomic E-state index is 0.0381. The highest BCUT2D eigenvalue weighted by Gasteiger charge is 2.15. The summed E-state index contributed by atoms with van der Waals surface area (Å²) < 4.78 is 5.04. The largest absolute Gasteiger partial charge is 0.512 e. The molecule has 2 rings (SSSR count). The third kappa shape index (κ3) is 2.66. The lowest BCUT2D eigenvalue weighted by Crippen LogP contribution is -2.06. The fourth-order valence-electron chi connectivity index (χ4n) is 1.25. The second-order valence-electron chi connectivity index (χ2n) is 3.19. The van der Waals surface area contributed by atoms with Crippen molar-refractivity contribution < 1.29 is 14.6 Å². The molecule has 0 amide bonds. The first-order valence-corrected chi connectivity index (χ1v) is 6.17. The number of ether oxygens (including phenoxy) is 1. The van der Waals surface area contributed by atoms with Crippen LogP contribution in [-0.4, -0.2) is 16.2 Å². The van der Waals surface area contributed by atoms with Gasteiger partial charge in [-0.2, -0.15) is 0 Å². The van der Waals surface area contributed by atoms with Gasteiger partial charge in [-0.15, -0.1) is 11.3 Å². The van der Waals surface area contributed by atoms with E-state index in [0.717, 1.165) is 4.88 Å². The third-order valence-corrected chi connectivity index (χ3v) is 3.60. The highest BCUT2D eigenvalue weighted by Crippen LogP contribution is 2.36. The summed E-state index contributed by atoms with van der Waals surface area (Å²) in [6.45, 7) is 0. The molecule has 18 heavy (non-hydrogen) atoms. The van der Waals surface area contributed by atoms with E-state index in [-0.39, 0.29) is 16.6 Å². The van der Waals surface area contributed by atoms with Crippen LogP contribution in [0.15, 0.2) is 18.2 Å². The Hall–Kier alpha value is -1.50. The molecule has 0 aromatic carbocycles. The Morgan fingerprint density at radius 2 is 2.17 bits per heavy atom. The number of rotatable bonds is 2. The zero-order valence-electron chi connectivity index (χ0n) is 8.68. The molecular weight excluding hydrogens is 299 g/mol. The SMILES string of the molecule is Nc1cc(-c2ccc(Cl)s2)nc(OC(=O)O)c1Cl. The Morgan fingerprint density at radius 3 is 2.72 bits per heavy atom. The number of carbonyl (C=O) groups is 1. The molecule has 8 heteroatoms. The van der Waals surface area contributed by atoms with Gasteiger partial charge in [0.2, 0.25) is 5.88 Å². The molecule has 0 saturated carbocycles. The van der Waals surface area contributed by atoms with Crippen LogP contribution in [0.4, 0.5) is 10.5 Å². The average Bonchev–Trinajstić information content (AvgIpc) is 2.70. The number of hydrogen-bond donors (Lipinski definition) is 2. The van der Waals surface area contributed by atoms with E-state index in [1.54, 1.807) is 12.1 Å². The van der Waals surface area contributed by atoms with E-state index in [9.17, 15) is 4.79 Å². The molecule has 0 atom stereocenters. The van der Waals surface area contributed by atoms with Crippen molar-refractivity contribution in [3.05, 3.63) is 27.6 Å². The normalized spacial score (nSPS) is 10.3. The van der Waals surface area contributed by atoms with Crippen molar-refractivity contribution in [1.29, 1.82) is 0 Å². The Bertz CT molecular complexity index is 615. The number of halogens is 2. The monoisotopic (exact) mass is 304 g/mol. The van der Waals surface area contributed by atoms with E-state index in [2.05, 4.69) is 9.72 Å². The molecule has 0 bridgehead atoms. The summed E-state index contributed by atoms with van der Waals surface area (Å²) in [5.74, 6) is -0.247. The van der Waals surface area contributed by atoms with Gasteiger partial charge in [-0.05, 0) is 18.2 Å². The first kappa shape index (κ1) is 12.9. The number of nitrogen functional groups attached to an aromatic ring is 1. The van der Waals surface area contributed by atoms with E-state index < -0.39 is 6.16 Å². The fraction of sp³-hybridized carbons (Fsp3) is 0. The molecule has 2 aromatic heterocycles. The standard InChI is InChI=1S/C10H6Cl2N2O3S/c11-7-2-1-6(18-7)5-3-4(13)8(12)9(14-5)17-10(15)16/h1-3H,(H2,13,14)(H,15,16). The molecular formula is C10H6Cl2N2O3S. The summed E-state index contributed by atoms with van der Waals surface area (Å²) in [6, 6.07) is 4.97. The van der Waals surface area contributed by atoms with Crippen molar-refractivity contribution >= 4 is 46.4 Å². The number of thiophene rings is 1. The van der Waals surface area contributed by atoms with Crippen molar-refractivity contribution in [3.63, 3.8) is 0 Å². The van der Waals surface area contributed by atoms with Gasteiger partial charge in [-0.25, -0.2) is 9.78 Å². The molecule has 0 aliphatic carbocycles. The number of nitrogens with zero attached hydrogens (tertiary/aromatic N) is 1. The van der Waals surface area contributed by atoms with E-state index in [0.29, 0.717) is 10.0 Å². The number of hydrogen-bond acceptors (Lipinski definition) is 5. The third-order valence-electron chi connectivity index (χ3n) is 1.97. The van der Waals surface area contributed by atoms with E-state index in [1.165, 1.54) is 17.4 Å². The molecule has 2 aromatic rings. The summed E-state index contributed by atoms with van der Waals surface area (Å²) in [7, 11) is 0. The van der Waals surface area contributed by atoms with Gasteiger partial charge in [0.05, 0.1) is 20.6 Å². The highest BCUT2D eigenvalue weighted by atomic mass is 35.5. The van der Waals surface area contributed by atoms with Crippen LogP contribution in [0.2, 0.25) is 9.36 Å². The summed E-state index contributed by atoms with van der Waals surface area (Å²) >= 11 is 12.9. The average molecular weight is 305 g/mol. The smallest absolute Gasteiger partial charge is 0.449 e. The molecule has 3 N–H and O–H groups in total. The quantitative estimate of drug-likeness (QED) is 0.825. The minimum Gasteiger partial charge on any atom is -0.449 e. The van der Waals surface area contributed by atoms with Gasteiger partial charge >= 0.3 is 6.16 Å². The molecule has 5 nitrogen and oxygen atoms in total. The molecule has 0 spiro atoms. The topological polar surface area (TPSA) is 85.4 Å². The van der Waals surface area contributed by atoms with Crippen LogP contribution in [-0.2, 0) is 0 Å². The molecule has 2 heterocycles.